The minimum Gasteiger partial charge on any atom is -0.141 e. The van der Waals surface area contributed by atoms with Gasteiger partial charge in [0.05, 0.1) is 0 Å². The Kier molecular flexibility index (Phi) is 2.06. The number of halogens is 1. The van der Waals surface area contributed by atoms with E-state index in [4.69, 9.17) is 0 Å². The number of piperidine rings is 1. The highest BCUT2D eigenvalue weighted by atomic mass is 19.2. The highest BCUT2D eigenvalue weighted by molar-refractivity contribution is 4.72. The van der Waals surface area contributed by atoms with Gasteiger partial charge in [0.2, 0.25) is 0 Å². The van der Waals surface area contributed by atoms with Crippen molar-refractivity contribution in [1.82, 2.24) is 5.12 Å². The molecular formula is C7H14FN. The van der Waals surface area contributed by atoms with Gasteiger partial charge in [-0.15, -0.1) is 9.60 Å². The summed E-state index contributed by atoms with van der Waals surface area (Å²) < 4.78 is 12.8. The van der Waals surface area contributed by atoms with Crippen LogP contribution in [0.5, 0.6) is 0 Å². The van der Waals surface area contributed by atoms with Crippen molar-refractivity contribution in [3.05, 3.63) is 0 Å². The lowest BCUT2D eigenvalue weighted by Gasteiger charge is -2.30. The largest absolute Gasteiger partial charge is 0.141 e. The van der Waals surface area contributed by atoms with Gasteiger partial charge in [-0.3, -0.25) is 0 Å². The fourth-order valence-electron chi connectivity index (χ4n) is 1.39. The van der Waals surface area contributed by atoms with E-state index in [0.29, 0.717) is 0 Å². The summed E-state index contributed by atoms with van der Waals surface area (Å²) in [4.78, 5) is 0. The fraction of sp³-hybridized carbons (Fsp3) is 1.00. The van der Waals surface area contributed by atoms with Crippen molar-refractivity contribution in [3.63, 3.8) is 0 Å². The Hall–Kier alpha value is -0.110. The molecule has 0 unspecified atom stereocenters. The van der Waals surface area contributed by atoms with Crippen LogP contribution in [-0.4, -0.2) is 17.2 Å². The predicted molar refractivity (Wildman–Crippen MR) is 35.7 cm³/mol. The third-order valence-electron chi connectivity index (χ3n) is 2.09. The highest BCUT2D eigenvalue weighted by Crippen LogP contribution is 2.21. The maximum atomic E-state index is 12.8. The molecule has 0 spiro atoms. The number of nitrogens with zero attached hydrogens (tertiary/aromatic N) is 1. The summed E-state index contributed by atoms with van der Waals surface area (Å²) in [5, 5.41) is 0.976. The van der Waals surface area contributed by atoms with Gasteiger partial charge >= 0.3 is 0 Å². The topological polar surface area (TPSA) is 3.24 Å². The third-order valence-corrected chi connectivity index (χ3v) is 2.09. The molecule has 0 aliphatic carbocycles. The molecule has 1 nitrogen and oxygen atoms in total. The lowest BCUT2D eigenvalue weighted by atomic mass is 10.0. The second kappa shape index (κ2) is 2.65. The molecule has 1 aliphatic heterocycles. The first-order chi connectivity index (χ1) is 4.22. The molecule has 0 aromatic carbocycles. The van der Waals surface area contributed by atoms with Crippen molar-refractivity contribution in [2.24, 2.45) is 0 Å². The maximum Gasteiger partial charge on any atom is 0.0377 e. The molecule has 1 heterocycles. The van der Waals surface area contributed by atoms with Crippen LogP contribution in [0, 0.1) is 0 Å². The molecular weight excluding hydrogens is 117 g/mol. The molecule has 1 fully saturated rings. The average molecular weight is 131 g/mol. The van der Waals surface area contributed by atoms with Gasteiger partial charge in [-0.05, 0) is 26.7 Å². The van der Waals surface area contributed by atoms with Gasteiger partial charge in [-0.2, -0.15) is 0 Å². The van der Waals surface area contributed by atoms with E-state index in [1.54, 1.807) is 0 Å². The second-order valence-corrected chi connectivity index (χ2v) is 2.97. The molecule has 0 aromatic heterocycles. The van der Waals surface area contributed by atoms with E-state index in [1.165, 1.54) is 6.42 Å². The Morgan fingerprint density at radius 2 is 1.67 bits per heavy atom. The van der Waals surface area contributed by atoms with Crippen LogP contribution in [0.4, 0.5) is 4.48 Å². The predicted octanol–water partition coefficient (Wildman–Crippen LogP) is 2.13. The summed E-state index contributed by atoms with van der Waals surface area (Å²) in [5.74, 6) is 0. The van der Waals surface area contributed by atoms with Crippen molar-refractivity contribution >= 4 is 0 Å². The molecule has 0 N–H and O–H groups in total. The summed E-state index contributed by atoms with van der Waals surface area (Å²) in [7, 11) is 0. The Balaban J connectivity index is 2.41. The van der Waals surface area contributed by atoms with Gasteiger partial charge < -0.3 is 0 Å². The van der Waals surface area contributed by atoms with Gasteiger partial charge in [0.1, 0.15) is 0 Å². The zero-order valence-corrected chi connectivity index (χ0v) is 6.10. The SMILES string of the molecule is C[C@@H]1CCC[C@@H](C)N1F. The van der Waals surface area contributed by atoms with Gasteiger partial charge in [0.25, 0.3) is 0 Å². The number of hydrogen-bond donors (Lipinski definition) is 0. The Bertz CT molecular complexity index is 84.9. The fourth-order valence-corrected chi connectivity index (χ4v) is 1.39. The Labute approximate surface area is 55.8 Å². The van der Waals surface area contributed by atoms with Crippen LogP contribution >= 0.6 is 0 Å². The molecule has 0 radical (unpaired) electrons. The molecule has 2 heteroatoms. The maximum absolute atomic E-state index is 12.8. The molecule has 1 rings (SSSR count). The van der Waals surface area contributed by atoms with Crippen LogP contribution < -0.4 is 0 Å². The summed E-state index contributed by atoms with van der Waals surface area (Å²) in [5.41, 5.74) is 0. The van der Waals surface area contributed by atoms with E-state index >= 15 is 0 Å². The monoisotopic (exact) mass is 131 g/mol. The normalized spacial score (nSPS) is 39.0. The second-order valence-electron chi connectivity index (χ2n) is 2.97. The molecule has 0 amide bonds. The molecule has 0 aromatic rings. The molecule has 2 atom stereocenters. The summed E-state index contributed by atoms with van der Waals surface area (Å²) >= 11 is 0. The van der Waals surface area contributed by atoms with Crippen molar-refractivity contribution in [3.8, 4) is 0 Å². The first-order valence-corrected chi connectivity index (χ1v) is 3.66. The van der Waals surface area contributed by atoms with Crippen LogP contribution in [0.3, 0.4) is 0 Å². The highest BCUT2D eigenvalue weighted by Gasteiger charge is 2.23. The van der Waals surface area contributed by atoms with E-state index in [2.05, 4.69) is 0 Å². The van der Waals surface area contributed by atoms with Crippen LogP contribution in [0.15, 0.2) is 0 Å². The van der Waals surface area contributed by atoms with Crippen LogP contribution in [0.2, 0.25) is 0 Å². The van der Waals surface area contributed by atoms with Crippen molar-refractivity contribution < 1.29 is 4.48 Å². The number of rotatable bonds is 0. The van der Waals surface area contributed by atoms with Gasteiger partial charge in [-0.25, -0.2) is 0 Å². The molecule has 9 heavy (non-hydrogen) atoms. The molecule has 1 saturated heterocycles. The zero-order valence-electron chi connectivity index (χ0n) is 6.10. The van der Waals surface area contributed by atoms with Crippen molar-refractivity contribution in [1.29, 1.82) is 0 Å². The first kappa shape index (κ1) is 7.00. The summed E-state index contributed by atoms with van der Waals surface area (Å²) in [6, 6.07) is 0.294. The van der Waals surface area contributed by atoms with Crippen molar-refractivity contribution in [2.45, 2.75) is 45.2 Å². The zero-order chi connectivity index (χ0) is 6.85. The van der Waals surface area contributed by atoms with Gasteiger partial charge in [-0.1, -0.05) is 6.42 Å². The number of hydrogen-bond acceptors (Lipinski definition) is 1. The smallest absolute Gasteiger partial charge is 0.0377 e. The van der Waals surface area contributed by atoms with Crippen LogP contribution in [0.25, 0.3) is 0 Å². The van der Waals surface area contributed by atoms with E-state index in [1.807, 2.05) is 13.8 Å². The first-order valence-electron chi connectivity index (χ1n) is 3.66. The molecule has 1 aliphatic rings. The van der Waals surface area contributed by atoms with Crippen molar-refractivity contribution in [2.75, 3.05) is 0 Å². The molecule has 0 saturated carbocycles. The Morgan fingerprint density at radius 1 is 1.22 bits per heavy atom. The van der Waals surface area contributed by atoms with Gasteiger partial charge in [0.15, 0.2) is 0 Å². The Morgan fingerprint density at radius 3 is 2.00 bits per heavy atom. The standard InChI is InChI=1S/C7H14FN/c1-6-4-3-5-7(2)9(6)8/h6-7H,3-5H2,1-2H3/t6-,7-/m1/s1. The molecule has 54 valence electrons. The van der Waals surface area contributed by atoms with E-state index in [-0.39, 0.29) is 12.1 Å². The average Bonchev–Trinajstić information content (AvgIpc) is 1.83. The van der Waals surface area contributed by atoms with Crippen LogP contribution in [-0.2, 0) is 0 Å². The minimum absolute atomic E-state index is 0.147. The van der Waals surface area contributed by atoms with E-state index in [0.717, 1.165) is 18.0 Å². The van der Waals surface area contributed by atoms with Gasteiger partial charge in [0, 0.05) is 12.1 Å². The van der Waals surface area contributed by atoms with Crippen LogP contribution in [0.1, 0.15) is 33.1 Å². The molecule has 0 bridgehead atoms. The minimum atomic E-state index is 0.147. The summed E-state index contributed by atoms with van der Waals surface area (Å²) in [6.07, 6.45) is 3.21. The lowest BCUT2D eigenvalue weighted by molar-refractivity contribution is -0.0758. The van der Waals surface area contributed by atoms with E-state index in [9.17, 15) is 4.48 Å². The summed E-state index contributed by atoms with van der Waals surface area (Å²) in [6.45, 7) is 3.88. The van der Waals surface area contributed by atoms with E-state index < -0.39 is 0 Å². The lowest BCUT2D eigenvalue weighted by Crippen LogP contribution is -2.37. The third kappa shape index (κ3) is 1.42. The quantitative estimate of drug-likeness (QED) is 0.455.